The Morgan fingerprint density at radius 2 is 1.83 bits per heavy atom. The number of carbonyl (C=O) groups excluding carboxylic acids is 1. The zero-order chi connectivity index (χ0) is 24.1. The summed E-state index contributed by atoms with van der Waals surface area (Å²) in [6.45, 7) is 5.37. The maximum absolute atomic E-state index is 13.2. The van der Waals surface area contributed by atoms with Crippen molar-refractivity contribution < 1.29 is 9.53 Å². The number of morpholine rings is 1. The van der Waals surface area contributed by atoms with Crippen LogP contribution in [-0.4, -0.2) is 51.5 Å². The molecule has 0 saturated carbocycles. The van der Waals surface area contributed by atoms with Gasteiger partial charge < -0.3 is 15.4 Å². The van der Waals surface area contributed by atoms with E-state index in [0.717, 1.165) is 47.3 Å². The Labute approximate surface area is 201 Å². The zero-order valence-corrected chi connectivity index (χ0v) is 19.5. The molecule has 0 radical (unpaired) electrons. The minimum Gasteiger partial charge on any atom is -0.378 e. The molecule has 2 aromatic carbocycles. The maximum Gasteiger partial charge on any atom is 0.274 e. The fraction of sp³-hybridized carbons (Fsp3) is 0.308. The second-order valence-corrected chi connectivity index (χ2v) is 9.08. The predicted octanol–water partition coefficient (Wildman–Crippen LogP) is 2.50. The molecule has 9 nitrogen and oxygen atoms in total. The minimum atomic E-state index is -0.450. The lowest BCUT2D eigenvalue weighted by Crippen LogP contribution is -2.37. The molecule has 0 bridgehead atoms. The normalized spacial score (nSPS) is 17.6. The highest BCUT2D eigenvalue weighted by Gasteiger charge is 2.30. The fourth-order valence-corrected chi connectivity index (χ4v) is 5.35. The van der Waals surface area contributed by atoms with Crippen LogP contribution in [0.2, 0.25) is 0 Å². The SMILES string of the molecule is Cc1cccc(C2CCn3c(=O)c4ccc(-c5cnc(N6CCOCC6)nc5)cc4n32)c1C(N)=O. The molecular weight excluding hydrogens is 444 g/mol. The van der Waals surface area contributed by atoms with Crippen molar-refractivity contribution in [3.8, 4) is 11.1 Å². The summed E-state index contributed by atoms with van der Waals surface area (Å²) in [5, 5.41) is 0.651. The van der Waals surface area contributed by atoms with E-state index < -0.39 is 5.91 Å². The van der Waals surface area contributed by atoms with Crippen LogP contribution in [0.3, 0.4) is 0 Å². The van der Waals surface area contributed by atoms with Crippen LogP contribution >= 0.6 is 0 Å². The summed E-state index contributed by atoms with van der Waals surface area (Å²) < 4.78 is 9.20. The van der Waals surface area contributed by atoms with E-state index >= 15 is 0 Å². The number of primary amides is 1. The Morgan fingerprint density at radius 1 is 1.06 bits per heavy atom. The van der Waals surface area contributed by atoms with Gasteiger partial charge in [0, 0.05) is 43.2 Å². The Kier molecular flexibility index (Phi) is 5.14. The van der Waals surface area contributed by atoms with Gasteiger partial charge in [0.2, 0.25) is 11.9 Å². The molecule has 1 amide bonds. The average molecular weight is 471 g/mol. The van der Waals surface area contributed by atoms with Gasteiger partial charge in [0.1, 0.15) is 0 Å². The number of hydrogen-bond donors (Lipinski definition) is 1. The Balaban J connectivity index is 1.43. The Morgan fingerprint density at radius 3 is 2.57 bits per heavy atom. The van der Waals surface area contributed by atoms with Gasteiger partial charge in [-0.15, -0.1) is 0 Å². The number of fused-ring (bicyclic) bond motifs is 3. The van der Waals surface area contributed by atoms with Gasteiger partial charge in [-0.1, -0.05) is 24.3 Å². The lowest BCUT2D eigenvalue weighted by molar-refractivity contribution is 0.0998. The molecule has 2 aliphatic heterocycles. The van der Waals surface area contributed by atoms with Gasteiger partial charge in [-0.3, -0.25) is 14.3 Å². The van der Waals surface area contributed by atoms with Crippen LogP contribution in [0, 0.1) is 6.92 Å². The first-order chi connectivity index (χ1) is 17.0. The van der Waals surface area contributed by atoms with Crippen LogP contribution in [0.4, 0.5) is 5.95 Å². The third kappa shape index (κ3) is 3.50. The number of carbonyl (C=O) groups is 1. The molecule has 1 saturated heterocycles. The highest BCUT2D eigenvalue weighted by atomic mass is 16.5. The summed E-state index contributed by atoms with van der Waals surface area (Å²) in [5.41, 5.74) is 10.6. The number of hydrogen-bond acceptors (Lipinski definition) is 6. The first-order valence-electron chi connectivity index (χ1n) is 11.8. The quantitative estimate of drug-likeness (QED) is 0.491. The number of ether oxygens (including phenoxy) is 1. The standard InChI is InChI=1S/C26H26N6O3/c1-16-3-2-4-19(23(16)24(27)33)21-7-8-31-25(34)20-6-5-17(13-22(20)32(21)31)18-14-28-26(29-15-18)30-9-11-35-12-10-30/h2-6,13-15,21H,7-12H2,1H3,(H2,27,33). The Hall–Kier alpha value is -3.98. The van der Waals surface area contributed by atoms with E-state index in [9.17, 15) is 9.59 Å². The van der Waals surface area contributed by atoms with Gasteiger partial charge in [0.15, 0.2) is 0 Å². The van der Waals surface area contributed by atoms with E-state index in [1.807, 2.05) is 60.4 Å². The fourth-order valence-electron chi connectivity index (χ4n) is 5.35. The number of rotatable bonds is 4. The Bertz CT molecular complexity index is 1500. The molecule has 2 N–H and O–H groups in total. The summed E-state index contributed by atoms with van der Waals surface area (Å²) in [4.78, 5) is 36.7. The van der Waals surface area contributed by atoms with Crippen LogP contribution in [0.1, 0.15) is 33.9 Å². The van der Waals surface area contributed by atoms with E-state index in [1.165, 1.54) is 0 Å². The summed E-state index contributed by atoms with van der Waals surface area (Å²) in [6.07, 6.45) is 4.36. The van der Waals surface area contributed by atoms with Crippen molar-refractivity contribution in [2.75, 3.05) is 31.2 Å². The second kappa shape index (κ2) is 8.35. The lowest BCUT2D eigenvalue weighted by atomic mass is 9.94. The van der Waals surface area contributed by atoms with Crippen molar-refractivity contribution >= 4 is 22.8 Å². The number of aryl methyl sites for hydroxylation is 1. The molecule has 9 heteroatoms. The van der Waals surface area contributed by atoms with Crippen molar-refractivity contribution in [3.05, 3.63) is 75.8 Å². The number of amides is 1. The largest absolute Gasteiger partial charge is 0.378 e. The third-order valence-corrected chi connectivity index (χ3v) is 7.05. The number of anilines is 1. The highest BCUT2D eigenvalue weighted by molar-refractivity contribution is 5.96. The van der Waals surface area contributed by atoms with Gasteiger partial charge in [0.25, 0.3) is 5.56 Å². The highest BCUT2D eigenvalue weighted by Crippen LogP contribution is 2.35. The number of nitrogens with two attached hydrogens (primary N) is 1. The maximum atomic E-state index is 13.2. The molecule has 0 spiro atoms. The van der Waals surface area contributed by atoms with Crippen molar-refractivity contribution in [2.45, 2.75) is 25.9 Å². The molecule has 35 heavy (non-hydrogen) atoms. The van der Waals surface area contributed by atoms with Crippen LogP contribution in [0.25, 0.3) is 22.0 Å². The van der Waals surface area contributed by atoms with Gasteiger partial charge in [-0.05, 0) is 42.2 Å². The van der Waals surface area contributed by atoms with Gasteiger partial charge >= 0.3 is 0 Å². The first kappa shape index (κ1) is 21.5. The van der Waals surface area contributed by atoms with Crippen LogP contribution in [0.5, 0.6) is 0 Å². The van der Waals surface area contributed by atoms with E-state index in [4.69, 9.17) is 10.5 Å². The topological polar surface area (TPSA) is 108 Å². The second-order valence-electron chi connectivity index (χ2n) is 9.08. The monoisotopic (exact) mass is 470 g/mol. The molecule has 6 rings (SSSR count). The first-order valence-corrected chi connectivity index (χ1v) is 11.8. The van der Waals surface area contributed by atoms with Crippen LogP contribution in [0.15, 0.2) is 53.6 Å². The van der Waals surface area contributed by atoms with Gasteiger partial charge in [-0.2, -0.15) is 0 Å². The smallest absolute Gasteiger partial charge is 0.274 e. The zero-order valence-electron chi connectivity index (χ0n) is 19.5. The summed E-state index contributed by atoms with van der Waals surface area (Å²) in [6, 6.07) is 11.4. The summed E-state index contributed by atoms with van der Waals surface area (Å²) >= 11 is 0. The average Bonchev–Trinajstić information content (AvgIpc) is 3.44. The molecule has 178 valence electrons. The third-order valence-electron chi connectivity index (χ3n) is 7.05. The molecule has 2 aliphatic rings. The molecule has 4 aromatic rings. The molecule has 4 heterocycles. The molecule has 0 aliphatic carbocycles. The number of nitrogens with zero attached hydrogens (tertiary/aromatic N) is 5. The molecule has 1 unspecified atom stereocenters. The van der Waals surface area contributed by atoms with Gasteiger partial charge in [-0.25, -0.2) is 14.6 Å². The molecule has 1 fully saturated rings. The van der Waals surface area contributed by atoms with Crippen LogP contribution < -0.4 is 16.2 Å². The van der Waals surface area contributed by atoms with E-state index in [-0.39, 0.29) is 11.6 Å². The van der Waals surface area contributed by atoms with Gasteiger partial charge in [0.05, 0.1) is 30.2 Å². The molecular formula is C26H26N6O3. The molecule has 1 atom stereocenters. The van der Waals surface area contributed by atoms with Crippen molar-refractivity contribution in [3.63, 3.8) is 0 Å². The predicted molar refractivity (Wildman–Crippen MR) is 133 cm³/mol. The number of benzene rings is 2. The van der Waals surface area contributed by atoms with Crippen molar-refractivity contribution in [1.29, 1.82) is 0 Å². The van der Waals surface area contributed by atoms with E-state index in [1.54, 1.807) is 4.68 Å². The molecule has 2 aromatic heterocycles. The lowest BCUT2D eigenvalue weighted by Gasteiger charge is -2.26. The number of aromatic nitrogens is 4. The van der Waals surface area contributed by atoms with E-state index in [0.29, 0.717) is 36.7 Å². The van der Waals surface area contributed by atoms with Crippen LogP contribution in [-0.2, 0) is 11.3 Å². The minimum absolute atomic E-state index is 0.0266. The summed E-state index contributed by atoms with van der Waals surface area (Å²) in [7, 11) is 0. The summed E-state index contributed by atoms with van der Waals surface area (Å²) in [5.74, 6) is 0.242. The van der Waals surface area contributed by atoms with Crippen molar-refractivity contribution in [1.82, 2.24) is 19.3 Å². The van der Waals surface area contributed by atoms with Crippen molar-refractivity contribution in [2.24, 2.45) is 5.73 Å². The van der Waals surface area contributed by atoms with E-state index in [2.05, 4.69) is 14.9 Å².